The summed E-state index contributed by atoms with van der Waals surface area (Å²) in [4.78, 5) is 0.129. The monoisotopic (exact) mass is 427 g/mol. The van der Waals surface area contributed by atoms with E-state index in [0.29, 0.717) is 15.4 Å². The molecule has 0 aliphatic heterocycles. The Balaban J connectivity index is 3.01. The van der Waals surface area contributed by atoms with Crippen LogP contribution in [0.25, 0.3) is 0 Å². The van der Waals surface area contributed by atoms with E-state index in [2.05, 4.69) is 41.7 Å². The molecule has 20 heavy (non-hydrogen) atoms. The predicted octanol–water partition coefficient (Wildman–Crippen LogP) is 2.41. The van der Waals surface area contributed by atoms with E-state index in [1.807, 2.05) is 6.92 Å². The molecule has 0 saturated heterocycles. The van der Waals surface area contributed by atoms with E-state index in [-0.39, 0.29) is 17.2 Å². The quantitative estimate of drug-likeness (QED) is 0.280. The van der Waals surface area contributed by atoms with E-state index >= 15 is 0 Å². The van der Waals surface area contributed by atoms with Crippen molar-refractivity contribution < 1.29 is 13.6 Å². The minimum absolute atomic E-state index is 0.0205. The van der Waals surface area contributed by atoms with Crippen molar-refractivity contribution >= 4 is 47.7 Å². The van der Waals surface area contributed by atoms with Crippen LogP contribution < -0.4 is 10.5 Å². The lowest BCUT2D eigenvalue weighted by atomic mass is 10.1. The summed E-state index contributed by atoms with van der Waals surface area (Å²) < 4.78 is 28.3. The molecular weight excluding hydrogens is 414 g/mol. The molecule has 0 radical (unpaired) electrons. The number of hydrogen-bond acceptors (Lipinski definition) is 4. The van der Waals surface area contributed by atoms with Crippen LogP contribution in [-0.2, 0) is 10.0 Å². The Morgan fingerprint density at radius 3 is 2.70 bits per heavy atom. The molecule has 0 bridgehead atoms. The number of nitrogens with zero attached hydrogens (tertiary/aromatic N) is 1. The van der Waals surface area contributed by atoms with Gasteiger partial charge in [0.25, 0.3) is 0 Å². The van der Waals surface area contributed by atoms with Gasteiger partial charge in [0.05, 0.1) is 4.90 Å². The van der Waals surface area contributed by atoms with Gasteiger partial charge < -0.3 is 10.9 Å². The first-order chi connectivity index (χ1) is 9.30. The van der Waals surface area contributed by atoms with Gasteiger partial charge in [-0.2, -0.15) is 0 Å². The summed E-state index contributed by atoms with van der Waals surface area (Å²) in [5, 5.41) is 11.4. The fraction of sp³-hybridized carbons (Fsp3) is 0.364. The zero-order valence-corrected chi connectivity index (χ0v) is 14.7. The minimum atomic E-state index is -3.70. The first-order valence-electron chi connectivity index (χ1n) is 5.74. The van der Waals surface area contributed by atoms with E-state index in [4.69, 9.17) is 10.9 Å². The maximum absolute atomic E-state index is 12.3. The van der Waals surface area contributed by atoms with Gasteiger partial charge in [-0.3, -0.25) is 0 Å². The smallest absolute Gasteiger partial charge is 0.241 e. The second kappa shape index (κ2) is 7.39. The van der Waals surface area contributed by atoms with Crippen LogP contribution in [-0.4, -0.2) is 25.5 Å². The second-order valence-electron chi connectivity index (χ2n) is 4.10. The van der Waals surface area contributed by atoms with Crippen molar-refractivity contribution in [2.45, 2.75) is 30.7 Å². The minimum Gasteiger partial charge on any atom is -0.409 e. The Morgan fingerprint density at radius 2 is 2.15 bits per heavy atom. The zero-order valence-electron chi connectivity index (χ0n) is 10.7. The highest BCUT2D eigenvalue weighted by molar-refractivity contribution is 9.11. The van der Waals surface area contributed by atoms with Crippen LogP contribution >= 0.6 is 31.9 Å². The number of oxime groups is 1. The van der Waals surface area contributed by atoms with Crippen molar-refractivity contribution in [2.75, 3.05) is 0 Å². The fourth-order valence-corrected chi connectivity index (χ4v) is 4.35. The predicted molar refractivity (Wildman–Crippen MR) is 84.3 cm³/mol. The molecule has 1 aromatic carbocycles. The maximum atomic E-state index is 12.3. The third kappa shape index (κ3) is 4.72. The SMILES string of the molecule is CCC(CC(N)=NO)NS(=O)(=O)c1cc(Br)ccc1Br. The zero-order chi connectivity index (χ0) is 15.3. The number of benzene rings is 1. The van der Waals surface area contributed by atoms with E-state index in [9.17, 15) is 8.42 Å². The van der Waals surface area contributed by atoms with Crippen LogP contribution in [0.2, 0.25) is 0 Å². The number of amidine groups is 1. The molecule has 0 fully saturated rings. The third-order valence-electron chi connectivity index (χ3n) is 2.58. The second-order valence-corrected chi connectivity index (χ2v) is 7.55. The van der Waals surface area contributed by atoms with E-state index in [1.165, 1.54) is 6.07 Å². The standard InChI is InChI=1S/C11H15Br2N3O3S/c1-2-8(6-11(14)15-17)16-20(18,19)10-5-7(12)3-4-9(10)13/h3-5,8,16-17H,2,6H2,1H3,(H2,14,15). The van der Waals surface area contributed by atoms with Crippen LogP contribution in [0, 0.1) is 0 Å². The van der Waals surface area contributed by atoms with Gasteiger partial charge in [-0.15, -0.1) is 0 Å². The van der Waals surface area contributed by atoms with Crippen molar-refractivity contribution in [3.8, 4) is 0 Å². The molecule has 112 valence electrons. The van der Waals surface area contributed by atoms with E-state index in [1.54, 1.807) is 12.1 Å². The molecule has 1 rings (SSSR count). The molecule has 0 saturated carbocycles. The van der Waals surface area contributed by atoms with Gasteiger partial charge in [0.2, 0.25) is 10.0 Å². The Kier molecular flexibility index (Phi) is 6.44. The number of sulfonamides is 1. The first kappa shape index (κ1) is 17.4. The molecule has 6 nitrogen and oxygen atoms in total. The van der Waals surface area contributed by atoms with E-state index < -0.39 is 16.1 Å². The molecule has 0 heterocycles. The molecule has 0 aliphatic rings. The van der Waals surface area contributed by atoms with Gasteiger partial charge in [-0.05, 0) is 40.5 Å². The van der Waals surface area contributed by atoms with Crippen molar-refractivity contribution in [3.05, 3.63) is 27.1 Å². The molecule has 4 N–H and O–H groups in total. The summed E-state index contributed by atoms with van der Waals surface area (Å²) >= 11 is 6.45. The van der Waals surface area contributed by atoms with Crippen molar-refractivity contribution in [1.29, 1.82) is 0 Å². The summed E-state index contributed by atoms with van der Waals surface area (Å²) in [7, 11) is -3.70. The number of halogens is 2. The molecule has 0 amide bonds. The third-order valence-corrected chi connectivity index (χ3v) is 5.59. The molecule has 1 aromatic rings. The van der Waals surface area contributed by atoms with Crippen LogP contribution in [0.15, 0.2) is 37.2 Å². The highest BCUT2D eigenvalue weighted by atomic mass is 79.9. The van der Waals surface area contributed by atoms with Crippen molar-refractivity contribution in [1.82, 2.24) is 4.72 Å². The molecule has 0 spiro atoms. The first-order valence-corrected chi connectivity index (χ1v) is 8.80. The van der Waals surface area contributed by atoms with Gasteiger partial charge in [0.15, 0.2) is 0 Å². The summed E-state index contributed by atoms with van der Waals surface area (Å²) in [6.45, 7) is 1.81. The average Bonchev–Trinajstić information content (AvgIpc) is 2.40. The van der Waals surface area contributed by atoms with Crippen LogP contribution in [0.3, 0.4) is 0 Å². The number of rotatable bonds is 6. The van der Waals surface area contributed by atoms with Gasteiger partial charge in [0.1, 0.15) is 5.84 Å². The topological polar surface area (TPSA) is 105 Å². The van der Waals surface area contributed by atoms with Crippen molar-refractivity contribution in [2.24, 2.45) is 10.9 Å². The molecular formula is C11H15Br2N3O3S. The highest BCUT2D eigenvalue weighted by Gasteiger charge is 2.22. The number of hydrogen-bond donors (Lipinski definition) is 3. The molecule has 0 aliphatic carbocycles. The van der Waals surface area contributed by atoms with Crippen LogP contribution in [0.4, 0.5) is 0 Å². The maximum Gasteiger partial charge on any atom is 0.241 e. The largest absolute Gasteiger partial charge is 0.409 e. The summed E-state index contributed by atoms with van der Waals surface area (Å²) in [5.41, 5.74) is 5.41. The van der Waals surface area contributed by atoms with Crippen LogP contribution in [0.5, 0.6) is 0 Å². The highest BCUT2D eigenvalue weighted by Crippen LogP contribution is 2.26. The Bertz CT molecular complexity index is 605. The lowest BCUT2D eigenvalue weighted by Crippen LogP contribution is -2.37. The van der Waals surface area contributed by atoms with Gasteiger partial charge in [0, 0.05) is 21.4 Å². The van der Waals surface area contributed by atoms with Crippen molar-refractivity contribution in [3.63, 3.8) is 0 Å². The Hall–Kier alpha value is -0.640. The lowest BCUT2D eigenvalue weighted by Gasteiger charge is -2.17. The summed E-state index contributed by atoms with van der Waals surface area (Å²) in [5.74, 6) is -0.0205. The number of nitrogens with one attached hydrogen (secondary N) is 1. The molecule has 0 aromatic heterocycles. The van der Waals surface area contributed by atoms with Gasteiger partial charge in [-0.25, -0.2) is 13.1 Å². The number of nitrogens with two attached hydrogens (primary N) is 1. The van der Waals surface area contributed by atoms with Gasteiger partial charge >= 0.3 is 0 Å². The Morgan fingerprint density at radius 1 is 1.50 bits per heavy atom. The lowest BCUT2D eigenvalue weighted by molar-refractivity contribution is 0.316. The average molecular weight is 429 g/mol. The molecule has 1 unspecified atom stereocenters. The van der Waals surface area contributed by atoms with Crippen LogP contribution in [0.1, 0.15) is 19.8 Å². The fourth-order valence-electron chi connectivity index (χ4n) is 1.53. The molecule has 1 atom stereocenters. The van der Waals surface area contributed by atoms with Gasteiger partial charge in [-0.1, -0.05) is 28.0 Å². The summed E-state index contributed by atoms with van der Waals surface area (Å²) in [6, 6.07) is 4.43. The van der Waals surface area contributed by atoms with E-state index in [0.717, 1.165) is 0 Å². The summed E-state index contributed by atoms with van der Waals surface area (Å²) in [6.07, 6.45) is 0.652. The Labute approximate surface area is 134 Å². The molecule has 9 heteroatoms. The normalized spacial score (nSPS) is 14.2.